The van der Waals surface area contributed by atoms with Crippen molar-refractivity contribution in [2.75, 3.05) is 20.6 Å². The van der Waals surface area contributed by atoms with Crippen LogP contribution >= 0.6 is 0 Å². The monoisotopic (exact) mass is 84.1 g/mol. The third-order valence-corrected chi connectivity index (χ3v) is 0.428. The maximum atomic E-state index is 3.43. The van der Waals surface area contributed by atoms with Gasteiger partial charge in [-0.1, -0.05) is 0 Å². The molecular formula is C5H10N. The Bertz CT molecular complexity index is 25.1. The van der Waals surface area contributed by atoms with Gasteiger partial charge in [-0.05, 0) is 27.4 Å². The van der Waals surface area contributed by atoms with Crippen LogP contribution in [0.3, 0.4) is 0 Å². The van der Waals surface area contributed by atoms with Crippen molar-refractivity contribution in [1.29, 1.82) is 0 Å². The summed E-state index contributed by atoms with van der Waals surface area (Å²) in [6, 6.07) is 0. The topological polar surface area (TPSA) is 3.24 Å². The molecule has 0 aromatic carbocycles. The molecule has 0 aliphatic heterocycles. The van der Waals surface area contributed by atoms with E-state index in [2.05, 4.69) is 13.3 Å². The summed E-state index contributed by atoms with van der Waals surface area (Å²) in [5, 5.41) is 0. The van der Waals surface area contributed by atoms with Gasteiger partial charge in [0.2, 0.25) is 0 Å². The van der Waals surface area contributed by atoms with E-state index in [1.165, 1.54) is 0 Å². The smallest absolute Gasteiger partial charge is 0.00439 e. The minimum Gasteiger partial charge on any atom is -0.309 e. The summed E-state index contributed by atoms with van der Waals surface area (Å²) in [6.07, 6.45) is 2.74. The van der Waals surface area contributed by atoms with Crippen LogP contribution in [-0.4, -0.2) is 25.5 Å². The van der Waals surface area contributed by atoms with Gasteiger partial charge in [0.15, 0.2) is 0 Å². The summed E-state index contributed by atoms with van der Waals surface area (Å²) < 4.78 is 0. The molecule has 0 atom stereocenters. The molecule has 0 N–H and O–H groups in total. The van der Waals surface area contributed by atoms with E-state index in [1.807, 2.05) is 19.0 Å². The van der Waals surface area contributed by atoms with Crippen molar-refractivity contribution in [2.24, 2.45) is 0 Å². The van der Waals surface area contributed by atoms with Gasteiger partial charge < -0.3 is 4.90 Å². The molecule has 0 bridgehead atoms. The van der Waals surface area contributed by atoms with Crippen molar-refractivity contribution in [3.63, 3.8) is 0 Å². The van der Waals surface area contributed by atoms with Crippen molar-refractivity contribution >= 4 is 0 Å². The average molecular weight is 84.1 g/mol. The molecule has 0 rings (SSSR count). The molecule has 6 heavy (non-hydrogen) atoms. The Balaban J connectivity index is 2.63. The summed E-state index contributed by atoms with van der Waals surface area (Å²) in [4.78, 5) is 2.01. The maximum absolute atomic E-state index is 3.43. The first-order valence-corrected chi connectivity index (χ1v) is 1.92. The Morgan fingerprint density at radius 3 is 2.17 bits per heavy atom. The predicted octanol–water partition coefficient (Wildman–Crippen LogP) is 0.463. The third-order valence-electron chi connectivity index (χ3n) is 0.428. The maximum Gasteiger partial charge on any atom is 0.00439 e. The largest absolute Gasteiger partial charge is 0.309 e. The van der Waals surface area contributed by atoms with Crippen LogP contribution in [-0.2, 0) is 0 Å². The highest BCUT2D eigenvalue weighted by Crippen LogP contribution is 1.74. The van der Waals surface area contributed by atoms with Crippen LogP contribution in [0.2, 0.25) is 0 Å². The fourth-order valence-electron chi connectivity index (χ4n) is 0.224. The van der Waals surface area contributed by atoms with E-state index in [9.17, 15) is 0 Å². The van der Waals surface area contributed by atoms with E-state index in [1.54, 1.807) is 0 Å². The summed E-state index contributed by atoms with van der Waals surface area (Å²) >= 11 is 0. The highest BCUT2D eigenvalue weighted by atomic mass is 15.0. The van der Waals surface area contributed by atoms with Gasteiger partial charge in [0, 0.05) is 6.54 Å². The molecule has 0 amide bonds. The molecule has 1 nitrogen and oxygen atoms in total. The van der Waals surface area contributed by atoms with E-state index in [0.29, 0.717) is 0 Å². The van der Waals surface area contributed by atoms with Crippen molar-refractivity contribution < 1.29 is 0 Å². The molecule has 0 fully saturated rings. The molecule has 0 aliphatic rings. The molecule has 0 saturated heterocycles. The van der Waals surface area contributed by atoms with Gasteiger partial charge in [-0.3, -0.25) is 0 Å². The Hall–Kier alpha value is -0.0400. The zero-order valence-electron chi connectivity index (χ0n) is 4.36. The highest BCUT2D eigenvalue weighted by Gasteiger charge is 1.80. The zero-order chi connectivity index (χ0) is 4.99. The first kappa shape index (κ1) is 5.96. The lowest BCUT2D eigenvalue weighted by Crippen LogP contribution is -2.11. The zero-order valence-corrected chi connectivity index (χ0v) is 4.36. The first-order chi connectivity index (χ1) is 2.77. The molecule has 0 aromatic rings. The van der Waals surface area contributed by atoms with Gasteiger partial charge >= 0.3 is 0 Å². The van der Waals surface area contributed by atoms with Gasteiger partial charge in [-0.25, -0.2) is 0 Å². The van der Waals surface area contributed by atoms with Gasteiger partial charge in [0.1, 0.15) is 0 Å². The molecule has 0 aliphatic carbocycles. The van der Waals surface area contributed by atoms with Crippen LogP contribution in [0, 0.1) is 13.3 Å². The van der Waals surface area contributed by atoms with Gasteiger partial charge in [0.25, 0.3) is 0 Å². The van der Waals surface area contributed by atoms with E-state index in [0.717, 1.165) is 6.54 Å². The minimum atomic E-state index is 0.847. The first-order valence-electron chi connectivity index (χ1n) is 1.92. The van der Waals surface area contributed by atoms with Gasteiger partial charge in [0.05, 0.1) is 0 Å². The summed E-state index contributed by atoms with van der Waals surface area (Å²) in [7, 11) is 3.97. The fourth-order valence-corrected chi connectivity index (χ4v) is 0.224. The average Bonchev–Trinajstić information content (AvgIpc) is 1.35. The molecule has 0 spiro atoms. The van der Waals surface area contributed by atoms with Crippen molar-refractivity contribution in [3.8, 4) is 0 Å². The van der Waals surface area contributed by atoms with E-state index < -0.39 is 0 Å². The summed E-state index contributed by atoms with van der Waals surface area (Å²) in [5.41, 5.74) is 0. The van der Waals surface area contributed by atoms with Crippen LogP contribution in [0.5, 0.6) is 0 Å². The van der Waals surface area contributed by atoms with Crippen molar-refractivity contribution in [3.05, 3.63) is 13.3 Å². The highest BCUT2D eigenvalue weighted by molar-refractivity contribution is 4.68. The standard InChI is InChI=1S/C5H10N/c1-4-5-6(2)3/h1,5H2,2-3H3. The Labute approximate surface area is 40.0 Å². The second kappa shape index (κ2) is 3.16. The van der Waals surface area contributed by atoms with Crippen LogP contribution in [0.15, 0.2) is 0 Å². The second-order valence-corrected chi connectivity index (χ2v) is 1.49. The number of hydrogen-bond donors (Lipinski definition) is 0. The van der Waals surface area contributed by atoms with E-state index in [-0.39, 0.29) is 0 Å². The molecule has 0 aromatic heterocycles. The van der Waals surface area contributed by atoms with Crippen molar-refractivity contribution in [1.82, 2.24) is 4.90 Å². The Kier molecular flexibility index (Phi) is 3.14. The van der Waals surface area contributed by atoms with E-state index in [4.69, 9.17) is 0 Å². The number of nitrogens with zero attached hydrogens (tertiary/aromatic N) is 1. The second-order valence-electron chi connectivity index (χ2n) is 1.49. The SMILES string of the molecule is [CH2][C]CN(C)C. The molecule has 35 valence electrons. The molecule has 0 unspecified atom stereocenters. The summed E-state index contributed by atoms with van der Waals surface area (Å²) in [6.45, 7) is 4.28. The lowest BCUT2D eigenvalue weighted by atomic mass is 10.5. The molecule has 0 saturated carbocycles. The third kappa shape index (κ3) is 3.96. The quantitative estimate of drug-likeness (QED) is 0.470. The van der Waals surface area contributed by atoms with Crippen LogP contribution in [0.25, 0.3) is 0 Å². The van der Waals surface area contributed by atoms with E-state index >= 15 is 0 Å². The molecule has 0 heterocycles. The molecule has 1 heteroatoms. The van der Waals surface area contributed by atoms with Crippen LogP contribution < -0.4 is 0 Å². The van der Waals surface area contributed by atoms with Crippen LogP contribution in [0.1, 0.15) is 0 Å². The number of rotatable bonds is 2. The summed E-state index contributed by atoms with van der Waals surface area (Å²) in [5.74, 6) is 0. The van der Waals surface area contributed by atoms with Gasteiger partial charge in [-0.15, -0.1) is 0 Å². The molecular weight excluding hydrogens is 74.1 g/mol. The normalized spacial score (nSPS) is 10.0. The minimum absolute atomic E-state index is 0.847. The number of hydrogen-bond acceptors (Lipinski definition) is 1. The lowest BCUT2D eigenvalue weighted by Gasteiger charge is -2.03. The fraction of sp³-hybridized carbons (Fsp3) is 0.600. The van der Waals surface area contributed by atoms with Gasteiger partial charge in [-0.2, -0.15) is 0 Å². The molecule has 3 radical (unpaired) electrons. The lowest BCUT2D eigenvalue weighted by molar-refractivity contribution is 0.446. The Morgan fingerprint density at radius 2 is 2.17 bits per heavy atom. The van der Waals surface area contributed by atoms with Crippen LogP contribution in [0.4, 0.5) is 0 Å². The van der Waals surface area contributed by atoms with Crippen molar-refractivity contribution in [2.45, 2.75) is 0 Å². The Morgan fingerprint density at radius 1 is 1.67 bits per heavy atom. The predicted molar refractivity (Wildman–Crippen MR) is 27.2 cm³/mol.